The molecular formula is C14H14O3. The Morgan fingerprint density at radius 1 is 0.941 bits per heavy atom. The molecule has 0 aromatic rings. The van der Waals surface area contributed by atoms with E-state index in [2.05, 4.69) is 0 Å². The van der Waals surface area contributed by atoms with Crippen LogP contribution in [0.1, 0.15) is 6.42 Å². The van der Waals surface area contributed by atoms with Gasteiger partial charge in [0.1, 0.15) is 5.78 Å². The SMILES string of the molecule is O=C1C2C3C2C2C1C3[C@@]1(O)C3C4CC1[C@@]2(O)C43. The van der Waals surface area contributed by atoms with E-state index in [1.807, 2.05) is 0 Å². The van der Waals surface area contributed by atoms with Crippen LogP contribution in [0.15, 0.2) is 0 Å². The lowest BCUT2D eigenvalue weighted by Crippen LogP contribution is -2.58. The topological polar surface area (TPSA) is 57.5 Å². The molecule has 12 atom stereocenters. The van der Waals surface area contributed by atoms with Crippen molar-refractivity contribution >= 4 is 5.78 Å². The average molecular weight is 230 g/mol. The third-order valence-electron chi connectivity index (χ3n) is 8.32. The highest BCUT2D eigenvalue weighted by atomic mass is 16.3. The Kier molecular flexibility index (Phi) is 0.742. The van der Waals surface area contributed by atoms with E-state index in [0.29, 0.717) is 35.4 Å². The van der Waals surface area contributed by atoms with Gasteiger partial charge in [-0.3, -0.25) is 4.79 Å². The molecule has 0 heterocycles. The smallest absolute Gasteiger partial charge is 0.140 e. The van der Waals surface area contributed by atoms with E-state index in [9.17, 15) is 15.0 Å². The van der Waals surface area contributed by atoms with Crippen LogP contribution in [0.2, 0.25) is 0 Å². The average Bonchev–Trinajstić information content (AvgIpc) is 2.92. The van der Waals surface area contributed by atoms with Crippen LogP contribution in [0.3, 0.4) is 0 Å². The second kappa shape index (κ2) is 1.60. The van der Waals surface area contributed by atoms with Gasteiger partial charge in [-0.25, -0.2) is 0 Å². The zero-order valence-electron chi connectivity index (χ0n) is 9.28. The molecule has 9 rings (SSSR count). The third kappa shape index (κ3) is 0.412. The lowest BCUT2D eigenvalue weighted by molar-refractivity contribution is -0.173. The Hall–Kier alpha value is -0.410. The van der Waals surface area contributed by atoms with Crippen LogP contribution in [0.4, 0.5) is 0 Å². The van der Waals surface area contributed by atoms with Gasteiger partial charge in [-0.05, 0) is 36.0 Å². The first-order valence-electron chi connectivity index (χ1n) is 7.11. The summed E-state index contributed by atoms with van der Waals surface area (Å²) in [6.45, 7) is 0. The van der Waals surface area contributed by atoms with Crippen LogP contribution < -0.4 is 0 Å². The van der Waals surface area contributed by atoms with Gasteiger partial charge in [0.05, 0.1) is 11.2 Å². The van der Waals surface area contributed by atoms with Gasteiger partial charge in [0.2, 0.25) is 0 Å². The van der Waals surface area contributed by atoms with Gasteiger partial charge >= 0.3 is 0 Å². The summed E-state index contributed by atoms with van der Waals surface area (Å²) in [5, 5.41) is 22.4. The van der Waals surface area contributed by atoms with E-state index in [1.165, 1.54) is 0 Å². The highest BCUT2D eigenvalue weighted by molar-refractivity contribution is 5.95. The van der Waals surface area contributed by atoms with Crippen molar-refractivity contribution in [1.29, 1.82) is 0 Å². The van der Waals surface area contributed by atoms with E-state index < -0.39 is 11.2 Å². The highest BCUT2D eigenvalue weighted by Gasteiger charge is 2.99. The Morgan fingerprint density at radius 2 is 1.53 bits per heavy atom. The van der Waals surface area contributed by atoms with Crippen molar-refractivity contribution in [2.75, 3.05) is 0 Å². The standard InChI is InChI=1S/C14H14O3/c15-12-6-4-5(6)11-7(12)10(4)13(16)3-1-2-8(13)9(2)14(3,11)17/h2-11,16-17H,1H2/t2?,3?,4?,5?,6?,7?,8?,9?,10?,11?,13-,14+. The number of carbonyl (C=O) groups excluding carboxylic acids is 1. The van der Waals surface area contributed by atoms with E-state index in [0.717, 1.165) is 6.42 Å². The lowest BCUT2D eigenvalue weighted by Gasteiger charge is -2.48. The third-order valence-corrected chi connectivity index (χ3v) is 8.32. The molecule has 9 fully saturated rings. The Morgan fingerprint density at radius 3 is 2.00 bits per heavy atom. The van der Waals surface area contributed by atoms with Gasteiger partial charge in [-0.2, -0.15) is 0 Å². The molecule has 0 amide bonds. The van der Waals surface area contributed by atoms with Crippen molar-refractivity contribution in [3.63, 3.8) is 0 Å². The first kappa shape index (κ1) is 7.90. The number of rotatable bonds is 0. The highest BCUT2D eigenvalue weighted by Crippen LogP contribution is 2.93. The van der Waals surface area contributed by atoms with Crippen molar-refractivity contribution in [1.82, 2.24) is 0 Å². The minimum atomic E-state index is -0.633. The summed E-state index contributed by atoms with van der Waals surface area (Å²) in [5.74, 6) is 3.61. The molecular weight excluding hydrogens is 216 g/mol. The zero-order valence-corrected chi connectivity index (χ0v) is 9.28. The Bertz CT molecular complexity index is 520. The minimum absolute atomic E-state index is 0.0489. The fourth-order valence-electron chi connectivity index (χ4n) is 8.46. The summed E-state index contributed by atoms with van der Waals surface area (Å²) >= 11 is 0. The second-order valence-corrected chi connectivity index (χ2v) is 7.94. The number of Topliss-reactive ketones (excluding diaryl/α,β-unsaturated/α-hetero) is 1. The molecule has 0 aromatic heterocycles. The molecule has 0 aliphatic heterocycles. The summed E-state index contributed by atoms with van der Waals surface area (Å²) in [7, 11) is 0. The van der Waals surface area contributed by atoms with Gasteiger partial charge in [0, 0.05) is 29.6 Å². The first-order valence-corrected chi connectivity index (χ1v) is 7.11. The maximum atomic E-state index is 12.2. The molecule has 17 heavy (non-hydrogen) atoms. The van der Waals surface area contributed by atoms with Crippen LogP contribution in [0, 0.1) is 59.2 Å². The number of ketones is 1. The predicted molar refractivity (Wildman–Crippen MR) is 54.4 cm³/mol. The molecule has 12 bridgehead atoms. The van der Waals surface area contributed by atoms with Crippen molar-refractivity contribution in [3.8, 4) is 0 Å². The summed E-state index contributed by atoms with van der Waals surface area (Å²) in [6.07, 6.45) is 1.04. The zero-order chi connectivity index (χ0) is 11.1. The lowest BCUT2D eigenvalue weighted by atomic mass is 9.61. The monoisotopic (exact) mass is 230 g/mol. The molecule has 0 aromatic carbocycles. The minimum Gasteiger partial charge on any atom is -0.389 e. The largest absolute Gasteiger partial charge is 0.389 e. The molecule has 9 saturated carbocycles. The number of aliphatic hydroxyl groups is 2. The maximum absolute atomic E-state index is 12.2. The summed E-state index contributed by atoms with van der Waals surface area (Å²) in [5.41, 5.74) is -1.27. The fourth-order valence-corrected chi connectivity index (χ4v) is 8.46. The predicted octanol–water partition coefficient (Wildman–Crippen LogP) is -0.335. The van der Waals surface area contributed by atoms with Crippen molar-refractivity contribution < 1.29 is 15.0 Å². The molecule has 0 spiro atoms. The van der Waals surface area contributed by atoms with E-state index in [1.54, 1.807) is 0 Å². The molecule has 2 N–H and O–H groups in total. The normalized spacial score (nSPS) is 90.1. The molecule has 0 radical (unpaired) electrons. The Balaban J connectivity index is 1.63. The quantitative estimate of drug-likeness (QED) is 0.599. The molecule has 9 aliphatic rings. The molecule has 10 unspecified atom stereocenters. The van der Waals surface area contributed by atoms with Crippen LogP contribution in [-0.4, -0.2) is 27.2 Å². The molecule has 0 saturated heterocycles. The molecule has 3 nitrogen and oxygen atoms in total. The summed E-state index contributed by atoms with van der Waals surface area (Å²) < 4.78 is 0. The Labute approximate surface area is 98.2 Å². The van der Waals surface area contributed by atoms with Crippen molar-refractivity contribution in [2.24, 2.45) is 59.2 Å². The van der Waals surface area contributed by atoms with E-state index in [-0.39, 0.29) is 29.6 Å². The van der Waals surface area contributed by atoms with Crippen LogP contribution in [-0.2, 0) is 4.79 Å². The van der Waals surface area contributed by atoms with Crippen LogP contribution in [0.5, 0.6) is 0 Å². The van der Waals surface area contributed by atoms with Crippen LogP contribution >= 0.6 is 0 Å². The van der Waals surface area contributed by atoms with Gasteiger partial charge in [-0.1, -0.05) is 0 Å². The second-order valence-electron chi connectivity index (χ2n) is 7.94. The van der Waals surface area contributed by atoms with Crippen molar-refractivity contribution in [3.05, 3.63) is 0 Å². The summed E-state index contributed by atoms with van der Waals surface area (Å²) in [4.78, 5) is 12.2. The number of hydrogen-bond acceptors (Lipinski definition) is 3. The van der Waals surface area contributed by atoms with Crippen molar-refractivity contribution in [2.45, 2.75) is 17.6 Å². The maximum Gasteiger partial charge on any atom is 0.140 e. The molecule has 88 valence electrons. The molecule has 9 aliphatic carbocycles. The van der Waals surface area contributed by atoms with E-state index >= 15 is 0 Å². The van der Waals surface area contributed by atoms with Gasteiger partial charge in [0.25, 0.3) is 0 Å². The van der Waals surface area contributed by atoms with Crippen LogP contribution in [0.25, 0.3) is 0 Å². The summed E-state index contributed by atoms with van der Waals surface area (Å²) in [6, 6.07) is 0. The van der Waals surface area contributed by atoms with Gasteiger partial charge < -0.3 is 10.2 Å². The molecule has 3 heteroatoms. The number of carbonyl (C=O) groups is 1. The van der Waals surface area contributed by atoms with E-state index in [4.69, 9.17) is 0 Å². The van der Waals surface area contributed by atoms with Gasteiger partial charge in [-0.15, -0.1) is 0 Å². The van der Waals surface area contributed by atoms with Gasteiger partial charge in [0.15, 0.2) is 0 Å². The first-order chi connectivity index (χ1) is 8.13. The number of hydrogen-bond donors (Lipinski definition) is 2. The fraction of sp³-hybridized carbons (Fsp3) is 0.929.